The van der Waals surface area contributed by atoms with E-state index in [0.717, 1.165) is 25.7 Å². The van der Waals surface area contributed by atoms with Gasteiger partial charge < -0.3 is 9.64 Å². The van der Waals surface area contributed by atoms with Crippen molar-refractivity contribution in [1.29, 1.82) is 0 Å². The summed E-state index contributed by atoms with van der Waals surface area (Å²) < 4.78 is 8.00. The molecule has 3 rings (SSSR count). The molecule has 144 valence electrons. The van der Waals surface area contributed by atoms with Crippen molar-refractivity contribution in [2.24, 2.45) is 11.8 Å². The van der Waals surface area contributed by atoms with E-state index in [9.17, 15) is 9.59 Å². The standard InChI is InChI=1S/C19H28BrN3O3/c1-6-7-10-26-17-15-18(25)21(4)19(9-8-12(2)13(19)3)22(5)23(15)11-14(20)16(17)24/h11-13H,6-10H2,1-5H3/t12-,13-,19?/m0/s1. The Kier molecular flexibility index (Phi) is 5.12. The van der Waals surface area contributed by atoms with Crippen LogP contribution in [0.1, 0.15) is 56.9 Å². The molecule has 26 heavy (non-hydrogen) atoms. The lowest BCUT2D eigenvalue weighted by molar-refractivity contribution is 0.0228. The van der Waals surface area contributed by atoms with E-state index in [4.69, 9.17) is 4.74 Å². The second kappa shape index (κ2) is 6.91. The van der Waals surface area contributed by atoms with E-state index in [1.54, 1.807) is 6.20 Å². The lowest BCUT2D eigenvalue weighted by atomic mass is 9.89. The van der Waals surface area contributed by atoms with Crippen LogP contribution < -0.4 is 15.2 Å². The van der Waals surface area contributed by atoms with E-state index in [2.05, 4.69) is 41.7 Å². The highest BCUT2D eigenvalue weighted by Gasteiger charge is 2.55. The van der Waals surface area contributed by atoms with Crippen molar-refractivity contribution in [2.45, 2.75) is 52.1 Å². The molecule has 1 spiro atoms. The summed E-state index contributed by atoms with van der Waals surface area (Å²) in [5.41, 5.74) is -0.346. The van der Waals surface area contributed by atoms with Crippen LogP contribution in [0.15, 0.2) is 15.5 Å². The number of hydrogen-bond acceptors (Lipinski definition) is 4. The van der Waals surface area contributed by atoms with Gasteiger partial charge in [-0.05, 0) is 41.1 Å². The van der Waals surface area contributed by atoms with E-state index in [0.29, 0.717) is 28.6 Å². The molecule has 1 aromatic rings. The molecule has 1 aliphatic heterocycles. The summed E-state index contributed by atoms with van der Waals surface area (Å²) in [5.74, 6) is 0.833. The molecular weight excluding hydrogens is 398 g/mol. The zero-order valence-electron chi connectivity index (χ0n) is 16.2. The largest absolute Gasteiger partial charge is 0.487 e. The van der Waals surface area contributed by atoms with Crippen LogP contribution in [0, 0.1) is 11.8 Å². The first-order valence-electron chi connectivity index (χ1n) is 9.37. The molecule has 0 saturated heterocycles. The van der Waals surface area contributed by atoms with Gasteiger partial charge in [-0.2, -0.15) is 0 Å². The summed E-state index contributed by atoms with van der Waals surface area (Å²) >= 11 is 3.36. The number of halogens is 1. The van der Waals surface area contributed by atoms with Gasteiger partial charge in [-0.15, -0.1) is 0 Å². The fourth-order valence-electron chi connectivity index (χ4n) is 4.48. The number of pyridine rings is 1. The second-order valence-corrected chi connectivity index (χ2v) is 8.46. The Bertz CT molecular complexity index is 778. The van der Waals surface area contributed by atoms with Crippen LogP contribution in [0.4, 0.5) is 0 Å². The Morgan fingerprint density at radius 1 is 1.31 bits per heavy atom. The summed E-state index contributed by atoms with van der Waals surface area (Å²) in [6, 6.07) is 0. The molecule has 1 unspecified atom stereocenters. The van der Waals surface area contributed by atoms with Gasteiger partial charge in [0.1, 0.15) is 5.66 Å². The van der Waals surface area contributed by atoms with Crippen LogP contribution in [0.2, 0.25) is 0 Å². The minimum atomic E-state index is -0.390. The predicted molar refractivity (Wildman–Crippen MR) is 105 cm³/mol. The maximum Gasteiger partial charge on any atom is 0.278 e. The molecule has 1 aromatic heterocycles. The molecule has 0 N–H and O–H groups in total. The number of unbranched alkanes of at least 4 members (excludes halogenated alkanes) is 1. The smallest absolute Gasteiger partial charge is 0.278 e. The molecule has 1 amide bonds. The van der Waals surface area contributed by atoms with Crippen molar-refractivity contribution in [1.82, 2.24) is 9.58 Å². The summed E-state index contributed by atoms with van der Waals surface area (Å²) in [6.07, 6.45) is 5.48. The van der Waals surface area contributed by atoms with Crippen LogP contribution >= 0.6 is 15.9 Å². The zero-order valence-corrected chi connectivity index (χ0v) is 17.8. The first-order valence-corrected chi connectivity index (χ1v) is 10.2. The van der Waals surface area contributed by atoms with E-state index >= 15 is 0 Å². The predicted octanol–water partition coefficient (Wildman–Crippen LogP) is 3.21. The quantitative estimate of drug-likeness (QED) is 0.694. The van der Waals surface area contributed by atoms with E-state index in [1.165, 1.54) is 0 Å². The minimum absolute atomic E-state index is 0.144. The van der Waals surface area contributed by atoms with Crippen LogP contribution in [0.3, 0.4) is 0 Å². The van der Waals surface area contributed by atoms with Crippen molar-refractivity contribution < 1.29 is 9.53 Å². The van der Waals surface area contributed by atoms with Gasteiger partial charge in [-0.1, -0.05) is 27.2 Å². The molecule has 7 heteroatoms. The third-order valence-corrected chi connectivity index (χ3v) is 6.93. The van der Waals surface area contributed by atoms with Crippen LogP contribution in [0.5, 0.6) is 5.75 Å². The number of rotatable bonds is 4. The van der Waals surface area contributed by atoms with Crippen molar-refractivity contribution in [2.75, 3.05) is 25.7 Å². The SMILES string of the molecule is CCCCOc1c2n(cc(Br)c1=O)N(C)C1(CC[C@H](C)[C@@H]1C)N(C)C2=O. The van der Waals surface area contributed by atoms with E-state index < -0.39 is 5.66 Å². The van der Waals surface area contributed by atoms with Gasteiger partial charge in [0.05, 0.1) is 11.1 Å². The minimum Gasteiger partial charge on any atom is -0.487 e. The number of nitrogens with zero attached hydrogens (tertiary/aromatic N) is 3. The fourth-order valence-corrected chi connectivity index (χ4v) is 4.85. The van der Waals surface area contributed by atoms with E-state index in [1.807, 2.05) is 23.7 Å². The van der Waals surface area contributed by atoms with Gasteiger partial charge >= 0.3 is 0 Å². The maximum atomic E-state index is 13.3. The van der Waals surface area contributed by atoms with Crippen LogP contribution in [-0.2, 0) is 0 Å². The fraction of sp³-hybridized carbons (Fsp3) is 0.684. The van der Waals surface area contributed by atoms with Gasteiger partial charge in [-0.3, -0.25) is 19.3 Å². The lowest BCUT2D eigenvalue weighted by Crippen LogP contribution is -2.69. The molecule has 0 radical (unpaired) electrons. The monoisotopic (exact) mass is 425 g/mol. The number of carbonyl (C=O) groups excluding carboxylic acids is 1. The summed E-state index contributed by atoms with van der Waals surface area (Å²) in [5, 5.41) is 2.11. The molecule has 3 atom stereocenters. The van der Waals surface area contributed by atoms with Crippen molar-refractivity contribution in [3.8, 4) is 5.75 Å². The third kappa shape index (κ3) is 2.58. The first-order chi connectivity index (χ1) is 12.3. The highest BCUT2D eigenvalue weighted by atomic mass is 79.9. The topological polar surface area (TPSA) is 54.8 Å². The first kappa shape index (κ1) is 19.3. The Morgan fingerprint density at radius 3 is 2.58 bits per heavy atom. The zero-order chi connectivity index (χ0) is 19.2. The number of fused-ring (bicyclic) bond motifs is 1. The Hall–Kier alpha value is -1.50. The van der Waals surface area contributed by atoms with E-state index in [-0.39, 0.29) is 17.1 Å². The summed E-state index contributed by atoms with van der Waals surface area (Å²) in [4.78, 5) is 27.8. The van der Waals surface area contributed by atoms with Gasteiger partial charge in [0.2, 0.25) is 5.43 Å². The van der Waals surface area contributed by atoms with Crippen molar-refractivity contribution in [3.05, 3.63) is 26.6 Å². The lowest BCUT2D eigenvalue weighted by Gasteiger charge is -2.54. The Labute approximate surface area is 163 Å². The van der Waals surface area contributed by atoms with Crippen LogP contribution in [-0.4, -0.2) is 41.8 Å². The van der Waals surface area contributed by atoms with Gasteiger partial charge in [0.15, 0.2) is 11.4 Å². The highest BCUT2D eigenvalue weighted by Crippen LogP contribution is 2.47. The number of aromatic nitrogens is 1. The van der Waals surface area contributed by atoms with Gasteiger partial charge in [0.25, 0.3) is 5.91 Å². The normalized spacial score (nSPS) is 28.0. The highest BCUT2D eigenvalue weighted by molar-refractivity contribution is 9.10. The van der Waals surface area contributed by atoms with Crippen molar-refractivity contribution >= 4 is 21.8 Å². The molecule has 0 bridgehead atoms. The summed E-state index contributed by atoms with van der Waals surface area (Å²) in [6.45, 7) is 6.93. The Balaban J connectivity index is 2.16. The average Bonchev–Trinajstić information content (AvgIpc) is 2.91. The number of carbonyl (C=O) groups is 1. The molecule has 2 aliphatic rings. The maximum absolute atomic E-state index is 13.3. The molecule has 2 heterocycles. The number of hydrogen-bond donors (Lipinski definition) is 0. The molecule has 1 fully saturated rings. The molecule has 1 saturated carbocycles. The van der Waals surface area contributed by atoms with Crippen molar-refractivity contribution in [3.63, 3.8) is 0 Å². The Morgan fingerprint density at radius 2 is 2.00 bits per heavy atom. The second-order valence-electron chi connectivity index (χ2n) is 7.60. The summed E-state index contributed by atoms with van der Waals surface area (Å²) in [7, 11) is 3.84. The number of ether oxygens (including phenoxy) is 1. The number of amides is 1. The molecule has 0 aromatic carbocycles. The third-order valence-electron chi connectivity index (χ3n) is 6.37. The average molecular weight is 426 g/mol. The van der Waals surface area contributed by atoms with Gasteiger partial charge in [-0.25, -0.2) is 0 Å². The molecule has 1 aliphatic carbocycles. The molecular formula is C19H28BrN3O3. The van der Waals surface area contributed by atoms with Crippen LogP contribution in [0.25, 0.3) is 0 Å². The molecule has 6 nitrogen and oxygen atoms in total. The van der Waals surface area contributed by atoms with Gasteiger partial charge in [0, 0.05) is 26.2 Å².